The molecule has 0 saturated heterocycles. The van der Waals surface area contributed by atoms with Crippen LogP contribution in [0.4, 0.5) is 4.39 Å². The molecule has 1 aromatic rings. The molecule has 6 heteroatoms. The molecule has 0 atom stereocenters. The lowest BCUT2D eigenvalue weighted by Crippen LogP contribution is -2.37. The first-order chi connectivity index (χ1) is 8.07. The summed E-state index contributed by atoms with van der Waals surface area (Å²) in [6, 6.07) is 1.55. The van der Waals surface area contributed by atoms with Gasteiger partial charge in [0.25, 0.3) is 0 Å². The molecular formula is C11H14FN3O2. The molecule has 1 aliphatic rings. The third-order valence-corrected chi connectivity index (χ3v) is 2.91. The van der Waals surface area contributed by atoms with Crippen LogP contribution in [0.25, 0.3) is 0 Å². The van der Waals surface area contributed by atoms with E-state index in [2.05, 4.69) is 10.3 Å². The zero-order valence-corrected chi connectivity index (χ0v) is 9.50. The van der Waals surface area contributed by atoms with Crippen molar-refractivity contribution in [2.75, 3.05) is 13.7 Å². The van der Waals surface area contributed by atoms with Crippen LogP contribution in [0.15, 0.2) is 12.3 Å². The lowest BCUT2D eigenvalue weighted by molar-refractivity contribution is -0.117. The maximum absolute atomic E-state index is 13.7. The molecule has 5 nitrogen and oxygen atoms in total. The van der Waals surface area contributed by atoms with Gasteiger partial charge in [-0.05, 0) is 12.8 Å². The third-order valence-electron chi connectivity index (χ3n) is 2.91. The number of halogens is 1. The first-order valence-corrected chi connectivity index (χ1v) is 5.31. The zero-order valence-electron chi connectivity index (χ0n) is 9.50. The fourth-order valence-electron chi connectivity index (χ4n) is 1.82. The Bertz CT molecular complexity index is 446. The first kappa shape index (κ1) is 11.8. The quantitative estimate of drug-likeness (QED) is 0.774. The van der Waals surface area contributed by atoms with Crippen molar-refractivity contribution in [2.24, 2.45) is 5.73 Å². The van der Waals surface area contributed by atoms with E-state index in [-0.39, 0.29) is 6.54 Å². The standard InChI is InChI=1S/C11H14FN3O2/c1-17-10-4-7(8(12)5-14-10)11(2-3-11)15-6-9(13)16/h4-5,15H,2-3,6H2,1H3,(H2,13,16). The number of pyridine rings is 1. The summed E-state index contributed by atoms with van der Waals surface area (Å²) in [7, 11) is 1.47. The van der Waals surface area contributed by atoms with Crippen molar-refractivity contribution in [3.63, 3.8) is 0 Å². The number of primary amides is 1. The average molecular weight is 239 g/mol. The van der Waals surface area contributed by atoms with Gasteiger partial charge in [0, 0.05) is 17.2 Å². The molecule has 1 aromatic heterocycles. The highest BCUT2D eigenvalue weighted by atomic mass is 19.1. The predicted octanol–water partition coefficient (Wildman–Crippen LogP) is 0.293. The second kappa shape index (κ2) is 4.29. The van der Waals surface area contributed by atoms with Crippen molar-refractivity contribution in [2.45, 2.75) is 18.4 Å². The summed E-state index contributed by atoms with van der Waals surface area (Å²) in [6.45, 7) is 0.0318. The maximum atomic E-state index is 13.7. The van der Waals surface area contributed by atoms with Gasteiger partial charge in [0.15, 0.2) is 0 Å². The SMILES string of the molecule is COc1cc(C2(NCC(N)=O)CC2)c(F)cn1. The Kier molecular flexibility index (Phi) is 2.97. The lowest BCUT2D eigenvalue weighted by Gasteiger charge is -2.17. The van der Waals surface area contributed by atoms with Gasteiger partial charge in [-0.15, -0.1) is 0 Å². The Labute approximate surface area is 98.2 Å². The number of nitrogens with two attached hydrogens (primary N) is 1. The molecule has 1 aliphatic carbocycles. The number of carbonyl (C=O) groups excluding carboxylic acids is 1. The molecule has 0 radical (unpaired) electrons. The highest BCUT2D eigenvalue weighted by Gasteiger charge is 2.46. The molecule has 1 heterocycles. The van der Waals surface area contributed by atoms with Crippen molar-refractivity contribution in [3.8, 4) is 5.88 Å². The van der Waals surface area contributed by atoms with E-state index in [1.54, 1.807) is 6.07 Å². The summed E-state index contributed by atoms with van der Waals surface area (Å²) < 4.78 is 18.7. The number of hydrogen-bond donors (Lipinski definition) is 2. The van der Waals surface area contributed by atoms with E-state index < -0.39 is 17.3 Å². The second-order valence-electron chi connectivity index (χ2n) is 4.11. The van der Waals surface area contributed by atoms with E-state index in [9.17, 15) is 9.18 Å². The number of nitrogens with one attached hydrogen (secondary N) is 1. The monoisotopic (exact) mass is 239 g/mol. The largest absolute Gasteiger partial charge is 0.481 e. The van der Waals surface area contributed by atoms with Crippen LogP contribution in [-0.2, 0) is 10.3 Å². The molecule has 0 aliphatic heterocycles. The van der Waals surface area contributed by atoms with Crippen LogP contribution in [0.2, 0.25) is 0 Å². The van der Waals surface area contributed by atoms with E-state index in [0.717, 1.165) is 19.0 Å². The number of methoxy groups -OCH3 is 1. The molecule has 2 rings (SSSR count). The van der Waals surface area contributed by atoms with E-state index in [1.165, 1.54) is 7.11 Å². The first-order valence-electron chi connectivity index (χ1n) is 5.31. The molecule has 1 saturated carbocycles. The van der Waals surface area contributed by atoms with Crippen LogP contribution in [0.3, 0.4) is 0 Å². The minimum Gasteiger partial charge on any atom is -0.481 e. The predicted molar refractivity (Wildman–Crippen MR) is 58.9 cm³/mol. The van der Waals surface area contributed by atoms with Crippen LogP contribution in [-0.4, -0.2) is 24.5 Å². The lowest BCUT2D eigenvalue weighted by atomic mass is 10.1. The number of ether oxygens (including phenoxy) is 1. The van der Waals surface area contributed by atoms with Crippen LogP contribution in [0.5, 0.6) is 5.88 Å². The molecule has 17 heavy (non-hydrogen) atoms. The van der Waals surface area contributed by atoms with Crippen LogP contribution in [0.1, 0.15) is 18.4 Å². The van der Waals surface area contributed by atoms with E-state index in [4.69, 9.17) is 10.5 Å². The summed E-state index contributed by atoms with van der Waals surface area (Å²) in [4.78, 5) is 14.5. The molecule has 92 valence electrons. The van der Waals surface area contributed by atoms with Gasteiger partial charge in [-0.1, -0.05) is 0 Å². The van der Waals surface area contributed by atoms with Gasteiger partial charge < -0.3 is 10.5 Å². The average Bonchev–Trinajstić information content (AvgIpc) is 3.08. The molecule has 0 bridgehead atoms. The number of nitrogens with zero attached hydrogens (tertiary/aromatic N) is 1. The maximum Gasteiger partial charge on any atom is 0.231 e. The summed E-state index contributed by atoms with van der Waals surface area (Å²) in [6.07, 6.45) is 2.66. The Hall–Kier alpha value is -1.69. The number of carbonyl (C=O) groups is 1. The number of hydrogen-bond acceptors (Lipinski definition) is 4. The summed E-state index contributed by atoms with van der Waals surface area (Å²) >= 11 is 0. The number of aromatic nitrogens is 1. The van der Waals surface area contributed by atoms with Gasteiger partial charge >= 0.3 is 0 Å². The van der Waals surface area contributed by atoms with Gasteiger partial charge in [-0.2, -0.15) is 0 Å². The third kappa shape index (κ3) is 2.36. The number of rotatable bonds is 5. The highest BCUT2D eigenvalue weighted by molar-refractivity contribution is 5.76. The smallest absolute Gasteiger partial charge is 0.231 e. The zero-order chi connectivity index (χ0) is 12.5. The van der Waals surface area contributed by atoms with Crippen molar-refractivity contribution in [1.29, 1.82) is 0 Å². The molecule has 3 N–H and O–H groups in total. The summed E-state index contributed by atoms with van der Waals surface area (Å²) in [5.74, 6) is -0.508. The van der Waals surface area contributed by atoms with Gasteiger partial charge in [0.2, 0.25) is 11.8 Å². The summed E-state index contributed by atoms with van der Waals surface area (Å²) in [5, 5.41) is 2.98. The Morgan fingerprint density at radius 3 is 2.94 bits per heavy atom. The fraction of sp³-hybridized carbons (Fsp3) is 0.455. The van der Waals surface area contributed by atoms with Gasteiger partial charge in [0.1, 0.15) is 5.82 Å². The molecule has 0 unspecified atom stereocenters. The van der Waals surface area contributed by atoms with Crippen molar-refractivity contribution >= 4 is 5.91 Å². The molecule has 1 amide bonds. The van der Waals surface area contributed by atoms with Gasteiger partial charge in [-0.25, -0.2) is 9.37 Å². The van der Waals surface area contributed by atoms with Gasteiger partial charge in [-0.3, -0.25) is 10.1 Å². The normalized spacial score (nSPS) is 16.6. The van der Waals surface area contributed by atoms with Crippen LogP contribution < -0.4 is 15.8 Å². The minimum atomic E-state index is -0.491. The van der Waals surface area contributed by atoms with E-state index >= 15 is 0 Å². The molecule has 1 fully saturated rings. The molecule has 0 aromatic carbocycles. The minimum absolute atomic E-state index is 0.0318. The fourth-order valence-corrected chi connectivity index (χ4v) is 1.82. The van der Waals surface area contributed by atoms with Crippen molar-refractivity contribution < 1.29 is 13.9 Å². The molecular weight excluding hydrogens is 225 g/mol. The number of amides is 1. The second-order valence-corrected chi connectivity index (χ2v) is 4.11. The Morgan fingerprint density at radius 2 is 2.41 bits per heavy atom. The Balaban J connectivity index is 2.23. The van der Waals surface area contributed by atoms with Crippen molar-refractivity contribution in [1.82, 2.24) is 10.3 Å². The summed E-state index contributed by atoms with van der Waals surface area (Å²) in [5.41, 5.74) is 5.05. The Morgan fingerprint density at radius 1 is 1.71 bits per heavy atom. The van der Waals surface area contributed by atoms with E-state index in [0.29, 0.717) is 11.4 Å². The van der Waals surface area contributed by atoms with Crippen LogP contribution in [0, 0.1) is 5.82 Å². The topological polar surface area (TPSA) is 77.2 Å². The molecule has 0 spiro atoms. The van der Waals surface area contributed by atoms with Crippen molar-refractivity contribution in [3.05, 3.63) is 23.6 Å². The van der Waals surface area contributed by atoms with Gasteiger partial charge in [0.05, 0.1) is 19.9 Å². The highest BCUT2D eigenvalue weighted by Crippen LogP contribution is 2.46. The van der Waals surface area contributed by atoms with Crippen LogP contribution >= 0.6 is 0 Å². The van der Waals surface area contributed by atoms with E-state index in [1.807, 2.05) is 0 Å².